The lowest BCUT2D eigenvalue weighted by Crippen LogP contribution is -2.14. The monoisotopic (exact) mass is 419 g/mol. The van der Waals surface area contributed by atoms with Crippen molar-refractivity contribution < 1.29 is 13.2 Å². The van der Waals surface area contributed by atoms with E-state index in [1.165, 1.54) is 30.6 Å². The zero-order valence-electron chi connectivity index (χ0n) is 14.1. The third kappa shape index (κ3) is 3.51. The summed E-state index contributed by atoms with van der Waals surface area (Å²) in [5.74, 6) is 0.220. The summed E-state index contributed by atoms with van der Waals surface area (Å²) in [5, 5.41) is 2.26. The number of sulfonamides is 1. The molecule has 4 rings (SSSR count). The molecule has 0 saturated carbocycles. The van der Waals surface area contributed by atoms with E-state index in [9.17, 15) is 8.42 Å². The first-order valence-electron chi connectivity index (χ1n) is 7.85. The van der Waals surface area contributed by atoms with Gasteiger partial charge in [-0.05, 0) is 30.3 Å². The molecule has 0 saturated heterocycles. The van der Waals surface area contributed by atoms with Crippen LogP contribution in [-0.4, -0.2) is 24.9 Å². The van der Waals surface area contributed by atoms with Crippen molar-refractivity contribution in [1.82, 2.24) is 9.38 Å². The maximum absolute atomic E-state index is 12.8. The number of nitrogens with zero attached hydrogens (tertiary/aromatic N) is 2. The SMILES string of the molecule is COc1ccc(Cl)cc1S(=O)(=O)Nc1cccc(-c2cn3ccsc3n2)c1. The van der Waals surface area contributed by atoms with Gasteiger partial charge in [-0.2, -0.15) is 0 Å². The summed E-state index contributed by atoms with van der Waals surface area (Å²) in [6, 6.07) is 11.5. The third-order valence-corrected chi connectivity index (χ3v) is 6.33. The molecule has 0 aliphatic heterocycles. The van der Waals surface area contributed by atoms with Gasteiger partial charge < -0.3 is 4.74 Å². The molecule has 0 atom stereocenters. The number of benzene rings is 2. The highest BCUT2D eigenvalue weighted by Gasteiger charge is 2.20. The molecule has 9 heteroatoms. The lowest BCUT2D eigenvalue weighted by atomic mass is 10.1. The lowest BCUT2D eigenvalue weighted by molar-refractivity contribution is 0.403. The summed E-state index contributed by atoms with van der Waals surface area (Å²) < 4.78 is 35.3. The highest BCUT2D eigenvalue weighted by atomic mass is 35.5. The van der Waals surface area contributed by atoms with E-state index in [4.69, 9.17) is 16.3 Å². The molecular formula is C18H14ClN3O3S2. The molecule has 0 amide bonds. The van der Waals surface area contributed by atoms with E-state index in [1.54, 1.807) is 24.3 Å². The minimum atomic E-state index is -3.87. The van der Waals surface area contributed by atoms with Crippen LogP contribution in [-0.2, 0) is 10.0 Å². The summed E-state index contributed by atoms with van der Waals surface area (Å²) in [6.07, 6.45) is 3.83. The largest absolute Gasteiger partial charge is 0.495 e. The van der Waals surface area contributed by atoms with Gasteiger partial charge in [-0.1, -0.05) is 23.7 Å². The molecule has 1 N–H and O–H groups in total. The van der Waals surface area contributed by atoms with Crippen LogP contribution in [0.15, 0.2) is 65.1 Å². The van der Waals surface area contributed by atoms with Gasteiger partial charge in [0.2, 0.25) is 0 Å². The molecule has 0 bridgehead atoms. The first-order valence-corrected chi connectivity index (χ1v) is 10.6. The standard InChI is InChI=1S/C18H14ClN3O3S2/c1-25-16-6-5-13(19)10-17(16)27(23,24)21-14-4-2-3-12(9-14)15-11-22-7-8-26-18(22)20-15/h2-11,21H,1H3. The Hall–Kier alpha value is -2.55. The molecule has 138 valence electrons. The van der Waals surface area contributed by atoms with Crippen LogP contribution in [0.25, 0.3) is 16.2 Å². The maximum atomic E-state index is 12.8. The number of anilines is 1. The van der Waals surface area contributed by atoms with Crippen LogP contribution < -0.4 is 9.46 Å². The van der Waals surface area contributed by atoms with Crippen molar-refractivity contribution in [3.05, 3.63) is 65.3 Å². The van der Waals surface area contributed by atoms with E-state index in [-0.39, 0.29) is 10.6 Å². The Labute approximate surface area is 165 Å². The summed E-state index contributed by atoms with van der Waals surface area (Å²) in [4.78, 5) is 5.40. The second-order valence-corrected chi connectivity index (χ2v) is 8.66. The quantitative estimate of drug-likeness (QED) is 0.516. The number of ether oxygens (including phenoxy) is 1. The van der Waals surface area contributed by atoms with Crippen LogP contribution in [0.1, 0.15) is 0 Å². The van der Waals surface area contributed by atoms with Gasteiger partial charge in [0, 0.05) is 34.0 Å². The van der Waals surface area contributed by atoms with Crippen LogP contribution in [0.4, 0.5) is 5.69 Å². The fourth-order valence-electron chi connectivity index (χ4n) is 2.68. The van der Waals surface area contributed by atoms with Gasteiger partial charge in [0.1, 0.15) is 10.6 Å². The summed E-state index contributed by atoms with van der Waals surface area (Å²) in [6.45, 7) is 0. The highest BCUT2D eigenvalue weighted by molar-refractivity contribution is 7.92. The number of rotatable bonds is 5. The Balaban J connectivity index is 1.68. The number of aromatic nitrogens is 2. The summed E-state index contributed by atoms with van der Waals surface area (Å²) in [7, 11) is -2.46. The van der Waals surface area contributed by atoms with Crippen molar-refractivity contribution in [2.24, 2.45) is 0 Å². The van der Waals surface area contributed by atoms with E-state index in [1.807, 2.05) is 28.2 Å². The number of hydrogen-bond acceptors (Lipinski definition) is 5. The molecule has 2 heterocycles. The molecule has 0 aliphatic carbocycles. The van der Waals surface area contributed by atoms with Crippen LogP contribution in [0.5, 0.6) is 5.75 Å². The van der Waals surface area contributed by atoms with Crippen molar-refractivity contribution in [3.63, 3.8) is 0 Å². The van der Waals surface area contributed by atoms with E-state index in [2.05, 4.69) is 9.71 Å². The van der Waals surface area contributed by atoms with Crippen molar-refractivity contribution in [2.45, 2.75) is 4.90 Å². The zero-order valence-corrected chi connectivity index (χ0v) is 16.5. The Bertz CT molecular complexity index is 1200. The second kappa shape index (κ2) is 6.88. The molecule has 4 aromatic rings. The van der Waals surface area contributed by atoms with Crippen LogP contribution in [0.3, 0.4) is 0 Å². The molecule has 2 aromatic heterocycles. The first-order chi connectivity index (χ1) is 13.0. The van der Waals surface area contributed by atoms with Gasteiger partial charge in [0.25, 0.3) is 10.0 Å². The molecule has 6 nitrogen and oxygen atoms in total. The summed E-state index contributed by atoms with van der Waals surface area (Å²) in [5.41, 5.74) is 2.00. The average Bonchev–Trinajstić information content (AvgIpc) is 3.23. The number of nitrogens with one attached hydrogen (secondary N) is 1. The number of halogens is 1. The van der Waals surface area contributed by atoms with Crippen molar-refractivity contribution in [3.8, 4) is 17.0 Å². The van der Waals surface area contributed by atoms with Gasteiger partial charge >= 0.3 is 0 Å². The normalized spacial score (nSPS) is 11.6. The van der Waals surface area contributed by atoms with Crippen molar-refractivity contribution in [1.29, 1.82) is 0 Å². The number of imidazole rings is 1. The van der Waals surface area contributed by atoms with E-state index >= 15 is 0 Å². The van der Waals surface area contributed by atoms with E-state index < -0.39 is 10.0 Å². The highest BCUT2D eigenvalue weighted by Crippen LogP contribution is 2.30. The number of methoxy groups -OCH3 is 1. The fraction of sp³-hybridized carbons (Fsp3) is 0.0556. The average molecular weight is 420 g/mol. The number of hydrogen-bond donors (Lipinski definition) is 1. The molecule has 0 aliphatic rings. The summed E-state index contributed by atoms with van der Waals surface area (Å²) >= 11 is 7.49. The Morgan fingerprint density at radius 3 is 2.85 bits per heavy atom. The van der Waals surface area contributed by atoms with Crippen molar-refractivity contribution >= 4 is 43.6 Å². The van der Waals surface area contributed by atoms with Crippen LogP contribution >= 0.6 is 22.9 Å². The fourth-order valence-corrected chi connectivity index (χ4v) is 4.86. The van der Waals surface area contributed by atoms with Gasteiger partial charge in [0.15, 0.2) is 4.96 Å². The van der Waals surface area contributed by atoms with E-state index in [0.717, 1.165) is 16.2 Å². The topological polar surface area (TPSA) is 72.7 Å². The van der Waals surface area contributed by atoms with Crippen LogP contribution in [0, 0.1) is 0 Å². The maximum Gasteiger partial charge on any atom is 0.265 e. The predicted octanol–water partition coefficient (Wildman–Crippen LogP) is 4.53. The minimum absolute atomic E-state index is 0.0228. The molecule has 0 radical (unpaired) electrons. The molecule has 0 spiro atoms. The Morgan fingerprint density at radius 1 is 1.22 bits per heavy atom. The molecule has 2 aromatic carbocycles. The molecular weight excluding hydrogens is 406 g/mol. The Kier molecular flexibility index (Phi) is 4.55. The van der Waals surface area contributed by atoms with Crippen molar-refractivity contribution in [2.75, 3.05) is 11.8 Å². The van der Waals surface area contributed by atoms with Gasteiger partial charge in [0.05, 0.1) is 12.8 Å². The third-order valence-electron chi connectivity index (χ3n) is 3.92. The Morgan fingerprint density at radius 2 is 2.07 bits per heavy atom. The smallest absolute Gasteiger partial charge is 0.265 e. The first kappa shape index (κ1) is 17.8. The second-order valence-electron chi connectivity index (χ2n) is 5.70. The van der Waals surface area contributed by atoms with Gasteiger partial charge in [-0.25, -0.2) is 13.4 Å². The van der Waals surface area contributed by atoms with Crippen LogP contribution in [0.2, 0.25) is 5.02 Å². The molecule has 0 fully saturated rings. The molecule has 27 heavy (non-hydrogen) atoms. The number of fused-ring (bicyclic) bond motifs is 1. The number of thiazole rings is 1. The lowest BCUT2D eigenvalue weighted by Gasteiger charge is -2.12. The molecule has 0 unspecified atom stereocenters. The zero-order chi connectivity index (χ0) is 19.0. The van der Waals surface area contributed by atoms with Gasteiger partial charge in [-0.3, -0.25) is 9.12 Å². The minimum Gasteiger partial charge on any atom is -0.495 e. The predicted molar refractivity (Wildman–Crippen MR) is 107 cm³/mol. The van der Waals surface area contributed by atoms with E-state index in [0.29, 0.717) is 10.7 Å². The van der Waals surface area contributed by atoms with Gasteiger partial charge in [-0.15, -0.1) is 11.3 Å².